The molecule has 1 aliphatic carbocycles. The number of hydrogen-bond donors (Lipinski definition) is 0. The van der Waals surface area contributed by atoms with Crippen LogP contribution in [0.15, 0.2) is 133 Å². The molecule has 5 atom stereocenters. The Hall–Kier alpha value is -2.02. The summed E-state index contributed by atoms with van der Waals surface area (Å²) in [6.45, 7) is 12.5. The normalized spacial score (nSPS) is 22.7. The van der Waals surface area contributed by atoms with Crippen molar-refractivity contribution in [2.75, 3.05) is 12.3 Å². The standard InChI is InChI=1S/C31H32O2P2.C13H24O2.ClH.Pt/c1-31(2)32-29(23-34(25-15-7-3-8-16-25)26-17-9-4-10-18-26)30(33-31)24-35(27-19-11-5-12-20-27)28-21-13-6-14-22-28;1-5-13(14)15-12-8-10(4)6-7-11(12)9(2)3;;/h3-22,29-30H,23-24H2,1-2H3;5,9-12,14H,6-8H2,1-4H3;1H;/q;;;+2/p-2/b;13-5-;;/t29-,30-;10-,11+,12-;;/m01../s1. The van der Waals surface area contributed by atoms with Gasteiger partial charge in [-0.25, -0.2) is 0 Å². The van der Waals surface area contributed by atoms with Gasteiger partial charge in [-0.05, 0) is 88.4 Å². The fourth-order valence-electron chi connectivity index (χ4n) is 7.20. The van der Waals surface area contributed by atoms with Gasteiger partial charge in [-0.15, -0.1) is 0 Å². The van der Waals surface area contributed by atoms with E-state index in [4.69, 9.17) is 14.2 Å². The molecule has 4 aromatic rings. The molecule has 8 heteroatoms. The summed E-state index contributed by atoms with van der Waals surface area (Å²) in [6.07, 6.45) is 7.11. The number of rotatable bonds is 11. The third-order valence-electron chi connectivity index (χ3n) is 9.75. The molecule has 6 rings (SSSR count). The molecule has 52 heavy (non-hydrogen) atoms. The average Bonchev–Trinajstić information content (AvgIpc) is 3.47. The molecule has 0 N–H and O–H groups in total. The van der Waals surface area contributed by atoms with E-state index in [1.807, 2.05) is 0 Å². The molecule has 1 saturated heterocycles. The van der Waals surface area contributed by atoms with Crippen LogP contribution in [-0.2, 0) is 33.0 Å². The maximum atomic E-state index is 11.3. The van der Waals surface area contributed by atoms with Crippen LogP contribution in [0.1, 0.15) is 60.8 Å². The van der Waals surface area contributed by atoms with Gasteiger partial charge in [0.2, 0.25) is 0 Å². The van der Waals surface area contributed by atoms with E-state index in [1.54, 1.807) is 25.7 Å². The molecule has 1 saturated carbocycles. The summed E-state index contributed by atoms with van der Waals surface area (Å²) >= 11 is 1.61. The monoisotopic (exact) mass is 939 g/mol. The minimum atomic E-state index is -0.585. The van der Waals surface area contributed by atoms with Crippen molar-refractivity contribution < 1.29 is 38.1 Å². The zero-order valence-electron chi connectivity index (χ0n) is 31.3. The Labute approximate surface area is 331 Å². The van der Waals surface area contributed by atoms with E-state index in [2.05, 4.69) is 165 Å². The number of halogens is 1. The Bertz CT molecular complexity index is 1420. The Morgan fingerprint density at radius 2 is 1.12 bits per heavy atom. The minimum absolute atomic E-state index is 0.0361. The zero-order valence-corrected chi connectivity index (χ0v) is 36.2. The molecule has 1 aliphatic heterocycles. The van der Waals surface area contributed by atoms with Gasteiger partial charge in [-0.3, -0.25) is 0 Å². The molecular weight excluding hydrogens is 885 g/mol. The summed E-state index contributed by atoms with van der Waals surface area (Å²) in [5.41, 5.74) is 0. The van der Waals surface area contributed by atoms with Crippen LogP contribution in [0.25, 0.3) is 0 Å². The molecule has 2 fully saturated rings. The van der Waals surface area contributed by atoms with Crippen LogP contribution in [0.2, 0.25) is 0 Å². The fourth-order valence-corrected chi connectivity index (χ4v) is 12.1. The molecule has 0 unspecified atom stereocenters. The summed E-state index contributed by atoms with van der Waals surface area (Å²) in [5, 5.41) is 16.8. The summed E-state index contributed by atoms with van der Waals surface area (Å²) in [4.78, 5) is 0. The predicted molar refractivity (Wildman–Crippen MR) is 218 cm³/mol. The number of hydrogen-bond acceptors (Lipinski definition) is 4. The molecule has 0 amide bonds. The molecular formula is C44H55ClO4P2Pt. The van der Waals surface area contributed by atoms with Crippen molar-refractivity contribution in [2.45, 2.75) is 84.9 Å². The Morgan fingerprint density at radius 1 is 0.750 bits per heavy atom. The topological polar surface area (TPSA) is 50.8 Å². The average molecular weight is 940 g/mol. The van der Waals surface area contributed by atoms with Crippen molar-refractivity contribution >= 4 is 46.5 Å². The quantitative estimate of drug-likeness (QED) is 0.111. The van der Waals surface area contributed by atoms with E-state index in [0.29, 0.717) is 17.8 Å². The predicted octanol–water partition coefficient (Wildman–Crippen LogP) is 9.14. The van der Waals surface area contributed by atoms with Gasteiger partial charge in [0.05, 0.1) is 12.2 Å². The zero-order chi connectivity index (χ0) is 37.5. The van der Waals surface area contributed by atoms with Crippen LogP contribution in [0.4, 0.5) is 0 Å². The van der Waals surface area contributed by atoms with Gasteiger partial charge < -0.3 is 19.3 Å². The maximum absolute atomic E-state index is 11.3. The van der Waals surface area contributed by atoms with Crippen molar-refractivity contribution in [2.24, 2.45) is 17.8 Å². The molecule has 0 spiro atoms. The van der Waals surface area contributed by atoms with Gasteiger partial charge in [-0.2, -0.15) is 0 Å². The molecule has 2 aliphatic rings. The van der Waals surface area contributed by atoms with Crippen LogP contribution < -0.4 is 26.3 Å². The first-order valence-electron chi connectivity index (χ1n) is 18.4. The Kier molecular flexibility index (Phi) is 17.9. The first-order chi connectivity index (χ1) is 25.1. The van der Waals surface area contributed by atoms with Crippen molar-refractivity contribution in [3.63, 3.8) is 0 Å². The van der Waals surface area contributed by atoms with Gasteiger partial charge in [-0.1, -0.05) is 155 Å². The first-order valence-corrected chi connectivity index (χ1v) is 24.2. The summed E-state index contributed by atoms with van der Waals surface area (Å²) < 4.78 is 18.7. The Morgan fingerprint density at radius 3 is 1.44 bits per heavy atom. The first kappa shape index (κ1) is 42.7. The van der Waals surface area contributed by atoms with Gasteiger partial charge in [0, 0.05) is 24.4 Å². The van der Waals surface area contributed by atoms with Gasteiger partial charge in [0.1, 0.15) is 0 Å². The molecule has 0 bridgehead atoms. The van der Waals surface area contributed by atoms with E-state index >= 15 is 0 Å². The second-order valence-electron chi connectivity index (χ2n) is 14.4. The van der Waals surface area contributed by atoms with Crippen molar-refractivity contribution in [3.05, 3.63) is 133 Å². The van der Waals surface area contributed by atoms with Gasteiger partial charge in [0.25, 0.3) is 0 Å². The molecule has 4 nitrogen and oxygen atoms in total. The van der Waals surface area contributed by atoms with Gasteiger partial charge >= 0.3 is 28.2 Å². The van der Waals surface area contributed by atoms with Crippen LogP contribution in [0.5, 0.6) is 0 Å². The number of ether oxygens (including phenoxy) is 3. The second-order valence-corrected chi connectivity index (χ2v) is 18.9. The van der Waals surface area contributed by atoms with E-state index < -0.39 is 21.6 Å². The third-order valence-corrected chi connectivity index (χ3v) is 14.9. The molecule has 282 valence electrons. The summed E-state index contributed by atoms with van der Waals surface area (Å²) in [7, 11) is 3.49. The number of benzene rings is 4. The second kappa shape index (κ2) is 21.8. The Balaban J connectivity index is 0.000000299. The van der Waals surface area contributed by atoms with Crippen LogP contribution >= 0.6 is 25.3 Å². The van der Waals surface area contributed by atoms with Crippen LogP contribution in [0.3, 0.4) is 0 Å². The van der Waals surface area contributed by atoms with Crippen molar-refractivity contribution in [1.29, 1.82) is 0 Å². The van der Waals surface area contributed by atoms with Gasteiger partial charge in [0.15, 0.2) is 5.79 Å². The van der Waals surface area contributed by atoms with E-state index in [0.717, 1.165) is 18.7 Å². The van der Waals surface area contributed by atoms with E-state index in [-0.39, 0.29) is 24.3 Å². The summed E-state index contributed by atoms with van der Waals surface area (Å²) in [6, 6.07) is 43.6. The molecule has 0 aromatic heterocycles. The number of allylic oxidation sites excluding steroid dienone is 1. The van der Waals surface area contributed by atoms with E-state index in [1.165, 1.54) is 40.1 Å². The fraction of sp³-hybridized carbons (Fsp3) is 0.409. The van der Waals surface area contributed by atoms with Crippen molar-refractivity contribution in [3.8, 4) is 0 Å². The van der Waals surface area contributed by atoms with Crippen molar-refractivity contribution in [1.82, 2.24) is 0 Å². The molecule has 1 heterocycles. The summed E-state index contributed by atoms with van der Waals surface area (Å²) in [5.74, 6) is 1.09. The molecule has 4 aromatic carbocycles. The van der Waals surface area contributed by atoms with Crippen LogP contribution in [0, 0.1) is 17.8 Å². The third kappa shape index (κ3) is 12.8. The molecule has 0 radical (unpaired) electrons. The van der Waals surface area contributed by atoms with E-state index in [9.17, 15) is 5.11 Å². The van der Waals surface area contributed by atoms with Crippen LogP contribution in [-0.4, -0.2) is 36.4 Å². The SMILES string of the molecule is C/C=C(/[O-])O[C@@H]1C[C@H](C)CC[C@H]1C(C)C.CC1(C)O[C@@H](CP(c2ccccc2)c2ccccc2)[C@H](CP(c2ccccc2)c2ccccc2)O1.[Cl][Pt+].